The molecular formula is C21H18Br3N3O2. The van der Waals surface area contributed by atoms with E-state index < -0.39 is 0 Å². The van der Waals surface area contributed by atoms with Gasteiger partial charge in [-0.15, -0.1) is 0 Å². The summed E-state index contributed by atoms with van der Waals surface area (Å²) in [5, 5.41) is 15.3. The van der Waals surface area contributed by atoms with Crippen molar-refractivity contribution in [3.05, 3.63) is 65.5 Å². The molecule has 0 spiro atoms. The van der Waals surface area contributed by atoms with Crippen molar-refractivity contribution in [3.63, 3.8) is 0 Å². The van der Waals surface area contributed by atoms with E-state index in [1.54, 1.807) is 18.3 Å². The molecule has 1 aromatic heterocycles. The first-order chi connectivity index (χ1) is 14.0. The van der Waals surface area contributed by atoms with Crippen molar-refractivity contribution in [1.82, 2.24) is 9.66 Å². The topological polar surface area (TPSA) is 67.5 Å². The average Bonchev–Trinajstić information content (AvgIpc) is 2.74. The highest BCUT2D eigenvalue weighted by Gasteiger charge is 2.22. The number of fused-ring (bicyclic) bond motifs is 1. The molecule has 4 rings (SSSR count). The van der Waals surface area contributed by atoms with Gasteiger partial charge in [0.25, 0.3) is 5.56 Å². The van der Waals surface area contributed by atoms with E-state index in [1.807, 2.05) is 18.2 Å². The minimum absolute atomic E-state index is 0.0751. The number of rotatable bonds is 3. The molecule has 0 unspecified atom stereocenters. The number of nitrogens with zero attached hydrogens (tertiary/aromatic N) is 3. The molecule has 0 amide bonds. The van der Waals surface area contributed by atoms with Gasteiger partial charge in [0.1, 0.15) is 11.6 Å². The van der Waals surface area contributed by atoms with Crippen molar-refractivity contribution in [3.8, 4) is 5.75 Å². The van der Waals surface area contributed by atoms with Crippen LogP contribution in [0, 0.1) is 0 Å². The minimum atomic E-state index is -0.180. The SMILES string of the molecule is O=c1c2ccccc2nc(C2CCCCC2)n1N=Cc1c(Br)cc(Br)c(O)c1Br. The van der Waals surface area contributed by atoms with Crippen LogP contribution in [0.1, 0.15) is 49.4 Å². The summed E-state index contributed by atoms with van der Waals surface area (Å²) in [6.07, 6.45) is 7.07. The zero-order chi connectivity index (χ0) is 20.5. The van der Waals surface area contributed by atoms with E-state index in [1.165, 1.54) is 11.1 Å². The van der Waals surface area contributed by atoms with Gasteiger partial charge in [-0.2, -0.15) is 9.78 Å². The average molecular weight is 584 g/mol. The summed E-state index contributed by atoms with van der Waals surface area (Å²) in [6.45, 7) is 0. The van der Waals surface area contributed by atoms with Crippen LogP contribution < -0.4 is 5.56 Å². The van der Waals surface area contributed by atoms with Gasteiger partial charge in [-0.3, -0.25) is 4.79 Å². The first-order valence-corrected chi connectivity index (χ1v) is 11.8. The number of hydrogen-bond donors (Lipinski definition) is 1. The number of aromatic hydroxyl groups is 1. The Labute approximate surface area is 193 Å². The molecule has 1 aliphatic carbocycles. The highest BCUT2D eigenvalue weighted by Crippen LogP contribution is 2.38. The van der Waals surface area contributed by atoms with Gasteiger partial charge >= 0.3 is 0 Å². The van der Waals surface area contributed by atoms with Crippen LogP contribution in [0.4, 0.5) is 0 Å². The molecule has 0 bridgehead atoms. The van der Waals surface area contributed by atoms with E-state index in [9.17, 15) is 9.90 Å². The summed E-state index contributed by atoms with van der Waals surface area (Å²) in [5.74, 6) is 0.993. The molecule has 150 valence electrons. The number of hydrogen-bond acceptors (Lipinski definition) is 4. The van der Waals surface area contributed by atoms with Gasteiger partial charge in [-0.1, -0.05) is 47.3 Å². The van der Waals surface area contributed by atoms with Gasteiger partial charge in [0.15, 0.2) is 0 Å². The fourth-order valence-corrected chi connectivity index (χ4v) is 6.03. The molecule has 29 heavy (non-hydrogen) atoms. The van der Waals surface area contributed by atoms with Crippen LogP contribution in [0.5, 0.6) is 5.75 Å². The third kappa shape index (κ3) is 4.07. The fourth-order valence-electron chi connectivity index (χ4n) is 3.71. The second-order valence-corrected chi connectivity index (χ2v) is 9.60. The molecule has 0 saturated heterocycles. The third-order valence-electron chi connectivity index (χ3n) is 5.23. The Hall–Kier alpha value is -1.51. The van der Waals surface area contributed by atoms with Gasteiger partial charge in [0, 0.05) is 16.0 Å². The van der Waals surface area contributed by atoms with Gasteiger partial charge in [-0.25, -0.2) is 4.98 Å². The van der Waals surface area contributed by atoms with Crippen LogP contribution >= 0.6 is 47.8 Å². The van der Waals surface area contributed by atoms with Gasteiger partial charge in [0.05, 0.1) is 26.1 Å². The highest BCUT2D eigenvalue weighted by molar-refractivity contribution is 9.11. The molecule has 0 atom stereocenters. The standard InChI is InChI=1S/C21H18Br3N3O2/c22-15-10-16(23)19(28)18(24)14(15)11-25-27-20(12-6-2-1-3-7-12)26-17-9-5-4-8-13(17)21(27)29/h4-5,8-12,28H,1-3,6-7H2. The molecule has 8 heteroatoms. The quantitative estimate of drug-likeness (QED) is 0.367. The van der Waals surface area contributed by atoms with Crippen LogP contribution in [0.25, 0.3) is 10.9 Å². The zero-order valence-electron chi connectivity index (χ0n) is 15.4. The molecule has 1 fully saturated rings. The normalized spacial score (nSPS) is 15.4. The summed E-state index contributed by atoms with van der Waals surface area (Å²) in [5.41, 5.74) is 1.16. The Morgan fingerprint density at radius 1 is 1.10 bits per heavy atom. The maximum absolute atomic E-state index is 13.2. The molecule has 5 nitrogen and oxygen atoms in total. The van der Waals surface area contributed by atoms with E-state index in [4.69, 9.17) is 4.98 Å². The van der Waals surface area contributed by atoms with Crippen LogP contribution in [0.3, 0.4) is 0 Å². The van der Waals surface area contributed by atoms with Gasteiger partial charge in [-0.05, 0) is 62.9 Å². The molecule has 1 N–H and O–H groups in total. The molecule has 0 radical (unpaired) electrons. The summed E-state index contributed by atoms with van der Waals surface area (Å²) in [4.78, 5) is 18.1. The second-order valence-electron chi connectivity index (χ2n) is 7.10. The summed E-state index contributed by atoms with van der Waals surface area (Å²) in [7, 11) is 0. The van der Waals surface area contributed by atoms with Gasteiger partial charge < -0.3 is 5.11 Å². The maximum Gasteiger partial charge on any atom is 0.282 e. The first-order valence-electron chi connectivity index (χ1n) is 9.40. The van der Waals surface area contributed by atoms with Crippen molar-refractivity contribution < 1.29 is 5.11 Å². The predicted molar refractivity (Wildman–Crippen MR) is 126 cm³/mol. The van der Waals surface area contributed by atoms with Crippen LogP contribution in [-0.4, -0.2) is 21.0 Å². The number of halogens is 3. The Morgan fingerprint density at radius 2 is 1.83 bits per heavy atom. The number of para-hydroxylation sites is 1. The number of phenols is 1. The van der Waals surface area contributed by atoms with Crippen molar-refractivity contribution in [2.75, 3.05) is 0 Å². The van der Waals surface area contributed by atoms with E-state index >= 15 is 0 Å². The van der Waals surface area contributed by atoms with Crippen LogP contribution in [-0.2, 0) is 0 Å². The molecule has 1 saturated carbocycles. The number of benzene rings is 2. The third-order valence-corrected chi connectivity index (χ3v) is 7.30. The predicted octanol–water partition coefficient (Wildman–Crippen LogP) is 6.32. The summed E-state index contributed by atoms with van der Waals surface area (Å²) >= 11 is 10.2. The van der Waals surface area contributed by atoms with E-state index in [2.05, 4.69) is 52.9 Å². The van der Waals surface area contributed by atoms with E-state index in [0.717, 1.165) is 30.2 Å². The maximum atomic E-state index is 13.2. The molecule has 1 heterocycles. The van der Waals surface area contributed by atoms with Crippen molar-refractivity contribution >= 4 is 64.9 Å². The van der Waals surface area contributed by atoms with Crippen molar-refractivity contribution in [2.24, 2.45) is 5.10 Å². The summed E-state index contributed by atoms with van der Waals surface area (Å²) in [6, 6.07) is 9.12. The highest BCUT2D eigenvalue weighted by atomic mass is 79.9. The fraction of sp³-hybridized carbons (Fsp3) is 0.286. The van der Waals surface area contributed by atoms with Crippen LogP contribution in [0.15, 0.2) is 53.6 Å². The molecule has 3 aromatic rings. The Morgan fingerprint density at radius 3 is 2.59 bits per heavy atom. The largest absolute Gasteiger partial charge is 0.506 e. The van der Waals surface area contributed by atoms with Gasteiger partial charge in [0.2, 0.25) is 0 Å². The Bertz CT molecular complexity index is 1170. The van der Waals surface area contributed by atoms with E-state index in [0.29, 0.717) is 31.2 Å². The Kier molecular flexibility index (Phi) is 6.22. The van der Waals surface area contributed by atoms with E-state index in [-0.39, 0.29) is 17.2 Å². The summed E-state index contributed by atoms with van der Waals surface area (Å²) < 4.78 is 3.21. The smallest absolute Gasteiger partial charge is 0.282 e. The number of phenolic OH excluding ortho intramolecular Hbond substituents is 1. The van der Waals surface area contributed by atoms with Crippen LogP contribution in [0.2, 0.25) is 0 Å². The number of aromatic nitrogens is 2. The lowest BCUT2D eigenvalue weighted by molar-refractivity contribution is 0.416. The molecular weight excluding hydrogens is 566 g/mol. The van der Waals surface area contributed by atoms with Crippen molar-refractivity contribution in [2.45, 2.75) is 38.0 Å². The second kappa shape index (κ2) is 8.70. The Balaban J connectivity index is 1.89. The minimum Gasteiger partial charge on any atom is -0.506 e. The lowest BCUT2D eigenvalue weighted by atomic mass is 9.88. The molecule has 0 aliphatic heterocycles. The first kappa shape index (κ1) is 20.8. The lowest BCUT2D eigenvalue weighted by Crippen LogP contribution is -2.25. The lowest BCUT2D eigenvalue weighted by Gasteiger charge is -2.22. The monoisotopic (exact) mass is 581 g/mol. The molecule has 2 aromatic carbocycles. The molecule has 1 aliphatic rings. The zero-order valence-corrected chi connectivity index (χ0v) is 20.2. The van der Waals surface area contributed by atoms with Crippen molar-refractivity contribution in [1.29, 1.82) is 0 Å².